The molecule has 1 aromatic rings. The second-order valence-corrected chi connectivity index (χ2v) is 14.1. The van der Waals surface area contributed by atoms with Crippen LogP contribution in [0.1, 0.15) is 66.4 Å². The van der Waals surface area contributed by atoms with Gasteiger partial charge in [0.2, 0.25) is 5.91 Å². The van der Waals surface area contributed by atoms with Crippen molar-refractivity contribution < 1.29 is 33.8 Å². The molecule has 0 aliphatic rings. The Kier molecular flexibility index (Phi) is 15.3. The minimum absolute atomic E-state index is 0.0390. The maximum atomic E-state index is 12.9. The van der Waals surface area contributed by atoms with Crippen molar-refractivity contribution in [3.05, 3.63) is 40.3 Å². The molecular formula is C26H40N6O7S2. The van der Waals surface area contributed by atoms with Crippen molar-refractivity contribution in [2.45, 2.75) is 89.8 Å². The minimum Gasteiger partial charge on any atom is -0.480 e. The van der Waals surface area contributed by atoms with Gasteiger partial charge in [0.1, 0.15) is 24.3 Å². The molecule has 1 aromatic carbocycles. The van der Waals surface area contributed by atoms with E-state index in [1.54, 1.807) is 55.8 Å². The van der Waals surface area contributed by atoms with Gasteiger partial charge in [0.25, 0.3) is 0 Å². The van der Waals surface area contributed by atoms with E-state index in [0.717, 1.165) is 0 Å². The van der Waals surface area contributed by atoms with Crippen LogP contribution < -0.4 is 16.0 Å². The molecule has 0 aromatic heterocycles. The first kappa shape index (κ1) is 35.7. The van der Waals surface area contributed by atoms with Gasteiger partial charge in [0.05, 0.1) is 0 Å². The molecular weight excluding hydrogens is 572 g/mol. The number of carbonyl (C=O) groups excluding carboxylic acids is 3. The molecule has 13 nitrogen and oxygen atoms in total. The van der Waals surface area contributed by atoms with Crippen LogP contribution in [0.15, 0.2) is 29.4 Å². The summed E-state index contributed by atoms with van der Waals surface area (Å²) in [5.41, 5.74) is 8.85. The van der Waals surface area contributed by atoms with Gasteiger partial charge >= 0.3 is 18.2 Å². The van der Waals surface area contributed by atoms with Crippen LogP contribution in [-0.2, 0) is 25.7 Å². The van der Waals surface area contributed by atoms with E-state index < -0.39 is 41.7 Å². The molecule has 0 radical (unpaired) electrons. The molecule has 3 amide bonds. The van der Waals surface area contributed by atoms with Gasteiger partial charge in [-0.25, -0.2) is 14.4 Å². The first-order chi connectivity index (χ1) is 19.1. The average Bonchev–Trinajstić information content (AvgIpc) is 2.85. The van der Waals surface area contributed by atoms with Crippen LogP contribution in [0.4, 0.5) is 15.3 Å². The van der Waals surface area contributed by atoms with E-state index >= 15 is 0 Å². The van der Waals surface area contributed by atoms with Crippen molar-refractivity contribution in [1.29, 1.82) is 0 Å². The summed E-state index contributed by atoms with van der Waals surface area (Å²) >= 11 is 0. The van der Waals surface area contributed by atoms with Crippen LogP contribution in [0.25, 0.3) is 10.4 Å². The maximum Gasteiger partial charge on any atom is 0.408 e. The number of nitrogens with zero attached hydrogens (tertiary/aromatic N) is 3. The predicted molar refractivity (Wildman–Crippen MR) is 160 cm³/mol. The lowest BCUT2D eigenvalue weighted by atomic mass is 10.1. The molecule has 1 rings (SSSR count). The van der Waals surface area contributed by atoms with Gasteiger partial charge in [-0.1, -0.05) is 71.7 Å². The van der Waals surface area contributed by atoms with E-state index in [-0.39, 0.29) is 24.3 Å². The minimum atomic E-state index is -1.18. The quantitative estimate of drug-likeness (QED) is 0.0635. The molecule has 2 atom stereocenters. The fourth-order valence-corrected chi connectivity index (χ4v) is 5.49. The molecule has 0 aliphatic carbocycles. The highest BCUT2D eigenvalue weighted by molar-refractivity contribution is 8.77. The molecule has 0 saturated carbocycles. The average molecular weight is 613 g/mol. The number of carboxylic acids is 1. The van der Waals surface area contributed by atoms with Crippen molar-refractivity contribution in [3.63, 3.8) is 0 Å². The first-order valence-corrected chi connectivity index (χ1v) is 15.3. The van der Waals surface area contributed by atoms with Crippen LogP contribution in [0.5, 0.6) is 0 Å². The number of unbranched alkanes of at least 4 members (excludes halogenated alkanes) is 1. The third kappa shape index (κ3) is 17.2. The zero-order valence-electron chi connectivity index (χ0n) is 24.3. The Labute approximate surface area is 248 Å². The molecule has 4 N–H and O–H groups in total. The third-order valence-corrected chi connectivity index (χ3v) is 8.18. The van der Waals surface area contributed by atoms with E-state index in [0.29, 0.717) is 29.8 Å². The van der Waals surface area contributed by atoms with Crippen molar-refractivity contribution in [2.24, 2.45) is 5.11 Å². The van der Waals surface area contributed by atoms with Crippen LogP contribution in [0.3, 0.4) is 0 Å². The van der Waals surface area contributed by atoms with Crippen molar-refractivity contribution in [2.75, 3.05) is 12.3 Å². The second kappa shape index (κ2) is 17.5. The highest BCUT2D eigenvalue weighted by Crippen LogP contribution is 2.35. The standard InChI is InChI=1S/C26H40N6O7S2/c1-25(2,3)39-24(37)29-19(22(34)35)9-7-8-14-28-21(33)20(16-40-41-26(4,5)6)30-23(36)38-15-17-10-12-18(13-11-17)31-32-27/h10-13,19-20H,7-9,14-16H2,1-6H3,(H,28,33)(H,29,37)(H,30,36)(H,34,35)/t19-,20-/m0/s1. The molecule has 41 heavy (non-hydrogen) atoms. The fraction of sp³-hybridized carbons (Fsp3) is 0.615. The molecule has 0 spiro atoms. The number of benzene rings is 1. The number of rotatable bonds is 15. The molecule has 0 fully saturated rings. The van der Waals surface area contributed by atoms with Gasteiger partial charge in [0.15, 0.2) is 0 Å². The highest BCUT2D eigenvalue weighted by atomic mass is 33.1. The summed E-state index contributed by atoms with van der Waals surface area (Å²) in [7, 11) is 3.03. The van der Waals surface area contributed by atoms with Crippen LogP contribution in [0, 0.1) is 0 Å². The van der Waals surface area contributed by atoms with Crippen molar-refractivity contribution >= 4 is 51.3 Å². The summed E-state index contributed by atoms with van der Waals surface area (Å²) in [6, 6.07) is 4.53. The smallest absolute Gasteiger partial charge is 0.408 e. The molecule has 0 bridgehead atoms. The second-order valence-electron chi connectivity index (χ2n) is 10.9. The molecule has 228 valence electrons. The Morgan fingerprint density at radius 1 is 1.00 bits per heavy atom. The number of aliphatic carboxylic acids is 1. The number of alkyl carbamates (subject to hydrolysis) is 2. The Bertz CT molecular complexity index is 1070. The van der Waals surface area contributed by atoms with Gasteiger partial charge < -0.3 is 30.5 Å². The van der Waals surface area contributed by atoms with Crippen molar-refractivity contribution in [1.82, 2.24) is 16.0 Å². The monoisotopic (exact) mass is 612 g/mol. The molecule has 0 unspecified atom stereocenters. The number of hydrogen-bond donors (Lipinski definition) is 4. The topological polar surface area (TPSA) is 192 Å². The normalized spacial score (nSPS) is 12.7. The van der Waals surface area contributed by atoms with E-state index in [4.69, 9.17) is 15.0 Å². The number of nitrogens with one attached hydrogen (secondary N) is 3. The molecule has 15 heteroatoms. The fourth-order valence-electron chi connectivity index (χ4n) is 3.02. The van der Waals surface area contributed by atoms with Gasteiger partial charge in [0, 0.05) is 27.6 Å². The van der Waals surface area contributed by atoms with Crippen LogP contribution in [-0.4, -0.2) is 63.9 Å². The summed E-state index contributed by atoms with van der Waals surface area (Å²) in [5, 5.41) is 20.6. The Balaban J connectivity index is 2.60. The van der Waals surface area contributed by atoms with Gasteiger partial charge in [-0.2, -0.15) is 0 Å². The molecule has 0 aliphatic heterocycles. The third-order valence-electron chi connectivity index (χ3n) is 4.83. The summed E-state index contributed by atoms with van der Waals surface area (Å²) in [6.07, 6.45) is -0.544. The van der Waals surface area contributed by atoms with E-state index in [9.17, 15) is 24.3 Å². The number of amides is 3. The number of ether oxygens (including phenoxy) is 2. The SMILES string of the molecule is CC(C)(C)OC(=O)N[C@@H](CCCCNC(=O)[C@H](CSSC(C)(C)C)NC(=O)OCc1ccc(N=[N+]=[N-])cc1)C(=O)O. The van der Waals surface area contributed by atoms with E-state index in [1.807, 2.05) is 20.8 Å². The summed E-state index contributed by atoms with van der Waals surface area (Å²) in [5.74, 6) is -1.28. The number of carboxylic acid groups (broad SMARTS) is 1. The Hall–Kier alpha value is -3.29. The lowest BCUT2D eigenvalue weighted by Gasteiger charge is -2.22. The summed E-state index contributed by atoms with van der Waals surface area (Å²) < 4.78 is 10.3. The number of hydrogen-bond acceptors (Lipinski definition) is 9. The largest absolute Gasteiger partial charge is 0.480 e. The van der Waals surface area contributed by atoms with Gasteiger partial charge in [-0.15, -0.1) is 0 Å². The zero-order valence-corrected chi connectivity index (χ0v) is 25.9. The lowest BCUT2D eigenvalue weighted by Crippen LogP contribution is -2.48. The molecule has 0 heterocycles. The predicted octanol–water partition coefficient (Wildman–Crippen LogP) is 5.67. The lowest BCUT2D eigenvalue weighted by molar-refractivity contribution is -0.139. The van der Waals surface area contributed by atoms with E-state index in [1.165, 1.54) is 10.8 Å². The van der Waals surface area contributed by atoms with Crippen LogP contribution >= 0.6 is 21.6 Å². The first-order valence-electron chi connectivity index (χ1n) is 13.0. The Morgan fingerprint density at radius 2 is 1.63 bits per heavy atom. The van der Waals surface area contributed by atoms with Crippen LogP contribution in [0.2, 0.25) is 0 Å². The maximum absolute atomic E-state index is 12.9. The van der Waals surface area contributed by atoms with Crippen molar-refractivity contribution in [3.8, 4) is 0 Å². The molecule has 0 saturated heterocycles. The van der Waals surface area contributed by atoms with Gasteiger partial charge in [-0.3, -0.25) is 4.79 Å². The van der Waals surface area contributed by atoms with Gasteiger partial charge in [-0.05, 0) is 51.1 Å². The summed E-state index contributed by atoms with van der Waals surface area (Å²) in [6.45, 7) is 11.4. The highest BCUT2D eigenvalue weighted by Gasteiger charge is 2.25. The number of azide groups is 1. The van der Waals surface area contributed by atoms with E-state index in [2.05, 4.69) is 26.0 Å². The Morgan fingerprint density at radius 3 is 2.20 bits per heavy atom. The zero-order chi connectivity index (χ0) is 31.1. The number of carbonyl (C=O) groups is 4. The summed E-state index contributed by atoms with van der Waals surface area (Å²) in [4.78, 5) is 51.5.